The van der Waals surface area contributed by atoms with Crippen LogP contribution in [-0.4, -0.2) is 35.2 Å². The Morgan fingerprint density at radius 1 is 1.47 bits per heavy atom. The molecule has 3 atom stereocenters. The molecule has 2 fully saturated rings. The third-order valence-corrected chi connectivity index (χ3v) is 3.90. The van der Waals surface area contributed by atoms with Crippen LogP contribution in [0.1, 0.15) is 25.5 Å². The molecular formula is C14H20N2O. The van der Waals surface area contributed by atoms with Gasteiger partial charge in [-0.25, -0.2) is 0 Å². The number of likely N-dealkylation sites (tertiary alicyclic amines) is 1. The number of rotatable bonds is 2. The molecule has 3 heterocycles. The first-order chi connectivity index (χ1) is 8.31. The summed E-state index contributed by atoms with van der Waals surface area (Å²) in [4.78, 5) is 6.92. The standard InChI is InChI=1S/C14H20N2O/c1-11-8-12-9-16(7-5-14(12)17-11)10-13-4-2-3-6-15-13/h2-4,6,11-12,14H,5,7-10H2,1H3/t11-,12-,14-/m0/s1. The maximum Gasteiger partial charge on any atom is 0.0632 e. The van der Waals surface area contributed by atoms with Gasteiger partial charge in [0, 0.05) is 31.7 Å². The van der Waals surface area contributed by atoms with Crippen LogP contribution in [0, 0.1) is 5.92 Å². The fourth-order valence-corrected chi connectivity index (χ4v) is 3.14. The molecular weight excluding hydrogens is 212 g/mol. The fraction of sp³-hybridized carbons (Fsp3) is 0.643. The number of ether oxygens (including phenoxy) is 1. The van der Waals surface area contributed by atoms with Crippen molar-refractivity contribution in [2.45, 2.75) is 38.5 Å². The summed E-state index contributed by atoms with van der Waals surface area (Å²) in [5.41, 5.74) is 1.18. The van der Waals surface area contributed by atoms with Crippen LogP contribution in [0.2, 0.25) is 0 Å². The van der Waals surface area contributed by atoms with E-state index in [4.69, 9.17) is 4.74 Å². The van der Waals surface area contributed by atoms with Crippen molar-refractivity contribution in [3.63, 3.8) is 0 Å². The zero-order valence-corrected chi connectivity index (χ0v) is 10.4. The summed E-state index contributed by atoms with van der Waals surface area (Å²) in [6.45, 7) is 5.50. The molecule has 0 radical (unpaired) electrons. The highest BCUT2D eigenvalue weighted by Crippen LogP contribution is 2.32. The number of pyridine rings is 1. The highest BCUT2D eigenvalue weighted by Gasteiger charge is 2.37. The first-order valence-electron chi connectivity index (χ1n) is 6.59. The molecule has 2 aliphatic heterocycles. The lowest BCUT2D eigenvalue weighted by atomic mass is 9.93. The fourth-order valence-electron chi connectivity index (χ4n) is 3.14. The van der Waals surface area contributed by atoms with E-state index in [9.17, 15) is 0 Å². The smallest absolute Gasteiger partial charge is 0.0632 e. The summed E-state index contributed by atoms with van der Waals surface area (Å²) in [5, 5.41) is 0. The predicted molar refractivity (Wildman–Crippen MR) is 66.6 cm³/mol. The molecule has 1 aromatic heterocycles. The van der Waals surface area contributed by atoms with E-state index in [0.717, 1.165) is 19.0 Å². The minimum atomic E-state index is 0.458. The van der Waals surface area contributed by atoms with Crippen LogP contribution >= 0.6 is 0 Å². The summed E-state index contributed by atoms with van der Waals surface area (Å²) in [6.07, 6.45) is 5.26. The molecule has 0 N–H and O–H groups in total. The summed E-state index contributed by atoms with van der Waals surface area (Å²) < 4.78 is 5.92. The van der Waals surface area contributed by atoms with Gasteiger partial charge in [0.1, 0.15) is 0 Å². The molecule has 2 aliphatic rings. The van der Waals surface area contributed by atoms with Crippen LogP contribution in [0.3, 0.4) is 0 Å². The summed E-state index contributed by atoms with van der Waals surface area (Å²) in [7, 11) is 0. The van der Waals surface area contributed by atoms with Gasteiger partial charge in [-0.15, -0.1) is 0 Å². The molecule has 17 heavy (non-hydrogen) atoms. The summed E-state index contributed by atoms with van der Waals surface area (Å²) in [6, 6.07) is 6.15. The van der Waals surface area contributed by atoms with Crippen LogP contribution in [0.25, 0.3) is 0 Å². The molecule has 0 bridgehead atoms. The molecule has 3 rings (SSSR count). The molecule has 0 aromatic carbocycles. The van der Waals surface area contributed by atoms with E-state index in [1.807, 2.05) is 12.3 Å². The predicted octanol–water partition coefficient (Wildman–Crippen LogP) is 2.08. The van der Waals surface area contributed by atoms with Crippen LogP contribution < -0.4 is 0 Å². The molecule has 0 unspecified atom stereocenters. The van der Waals surface area contributed by atoms with Gasteiger partial charge in [-0.1, -0.05) is 6.07 Å². The molecule has 3 nitrogen and oxygen atoms in total. The third kappa shape index (κ3) is 2.50. The van der Waals surface area contributed by atoms with Crippen LogP contribution in [0.5, 0.6) is 0 Å². The van der Waals surface area contributed by atoms with Gasteiger partial charge in [-0.3, -0.25) is 9.88 Å². The zero-order chi connectivity index (χ0) is 11.7. The van der Waals surface area contributed by atoms with Crippen LogP contribution in [0.15, 0.2) is 24.4 Å². The SMILES string of the molecule is C[C@H]1C[C@H]2CN(Cc3ccccn3)CC[C@@H]2O1. The summed E-state index contributed by atoms with van der Waals surface area (Å²) >= 11 is 0. The van der Waals surface area contributed by atoms with Gasteiger partial charge in [-0.2, -0.15) is 0 Å². The molecule has 0 saturated carbocycles. The maximum absolute atomic E-state index is 5.92. The molecule has 2 saturated heterocycles. The second-order valence-corrected chi connectivity index (χ2v) is 5.33. The van der Waals surface area contributed by atoms with Crippen molar-refractivity contribution >= 4 is 0 Å². The lowest BCUT2D eigenvalue weighted by Gasteiger charge is -2.33. The Bertz CT molecular complexity index is 368. The van der Waals surface area contributed by atoms with Crippen molar-refractivity contribution in [1.29, 1.82) is 0 Å². The Morgan fingerprint density at radius 2 is 2.41 bits per heavy atom. The first-order valence-corrected chi connectivity index (χ1v) is 6.59. The number of nitrogens with zero attached hydrogens (tertiary/aromatic N) is 2. The number of hydrogen-bond acceptors (Lipinski definition) is 3. The van der Waals surface area contributed by atoms with Gasteiger partial charge in [-0.05, 0) is 31.9 Å². The average Bonchev–Trinajstić information content (AvgIpc) is 2.70. The number of hydrogen-bond donors (Lipinski definition) is 0. The molecule has 0 aliphatic carbocycles. The molecule has 92 valence electrons. The van der Waals surface area contributed by atoms with Crippen molar-refractivity contribution in [3.05, 3.63) is 30.1 Å². The van der Waals surface area contributed by atoms with Crippen molar-refractivity contribution in [1.82, 2.24) is 9.88 Å². The Balaban J connectivity index is 1.60. The molecule has 3 heteroatoms. The largest absolute Gasteiger partial charge is 0.375 e. The Kier molecular flexibility index (Phi) is 3.12. The molecule has 1 aromatic rings. The van der Waals surface area contributed by atoms with Gasteiger partial charge >= 0.3 is 0 Å². The van der Waals surface area contributed by atoms with E-state index in [1.54, 1.807) is 0 Å². The van der Waals surface area contributed by atoms with Crippen molar-refractivity contribution in [3.8, 4) is 0 Å². The topological polar surface area (TPSA) is 25.4 Å². The third-order valence-electron chi connectivity index (χ3n) is 3.90. The van der Waals surface area contributed by atoms with Crippen LogP contribution in [0.4, 0.5) is 0 Å². The number of fused-ring (bicyclic) bond motifs is 1. The van der Waals surface area contributed by atoms with E-state index in [2.05, 4.69) is 28.9 Å². The van der Waals surface area contributed by atoms with Crippen molar-refractivity contribution < 1.29 is 4.74 Å². The minimum absolute atomic E-state index is 0.458. The van der Waals surface area contributed by atoms with Crippen molar-refractivity contribution in [2.24, 2.45) is 5.92 Å². The zero-order valence-electron chi connectivity index (χ0n) is 10.4. The maximum atomic E-state index is 5.92. The highest BCUT2D eigenvalue weighted by atomic mass is 16.5. The second kappa shape index (κ2) is 4.75. The van der Waals surface area contributed by atoms with Crippen LogP contribution in [-0.2, 0) is 11.3 Å². The van der Waals surface area contributed by atoms with Gasteiger partial charge in [0.2, 0.25) is 0 Å². The number of piperidine rings is 1. The molecule has 0 spiro atoms. The summed E-state index contributed by atoms with van der Waals surface area (Å²) in [5.74, 6) is 0.738. The number of aromatic nitrogens is 1. The van der Waals surface area contributed by atoms with E-state index in [0.29, 0.717) is 12.2 Å². The van der Waals surface area contributed by atoms with Gasteiger partial charge in [0.05, 0.1) is 17.9 Å². The van der Waals surface area contributed by atoms with Crippen molar-refractivity contribution in [2.75, 3.05) is 13.1 Å². The molecule has 0 amide bonds. The van der Waals surface area contributed by atoms with E-state index in [-0.39, 0.29) is 0 Å². The quantitative estimate of drug-likeness (QED) is 0.780. The van der Waals surface area contributed by atoms with E-state index >= 15 is 0 Å². The van der Waals surface area contributed by atoms with E-state index < -0.39 is 0 Å². The van der Waals surface area contributed by atoms with E-state index in [1.165, 1.54) is 25.1 Å². The monoisotopic (exact) mass is 232 g/mol. The lowest BCUT2D eigenvalue weighted by molar-refractivity contribution is 0.00561. The lowest BCUT2D eigenvalue weighted by Crippen LogP contribution is -2.40. The van der Waals surface area contributed by atoms with Gasteiger partial charge < -0.3 is 4.74 Å². The average molecular weight is 232 g/mol. The Morgan fingerprint density at radius 3 is 3.24 bits per heavy atom. The Labute approximate surface area is 103 Å². The van der Waals surface area contributed by atoms with Gasteiger partial charge in [0.25, 0.3) is 0 Å². The second-order valence-electron chi connectivity index (χ2n) is 5.33. The minimum Gasteiger partial charge on any atom is -0.375 e. The highest BCUT2D eigenvalue weighted by molar-refractivity contribution is 5.03. The van der Waals surface area contributed by atoms with Gasteiger partial charge in [0.15, 0.2) is 0 Å². The normalized spacial score (nSPS) is 33.6. The first kappa shape index (κ1) is 11.2. The Hall–Kier alpha value is -0.930.